The van der Waals surface area contributed by atoms with E-state index in [-0.39, 0.29) is 5.57 Å². The Morgan fingerprint density at radius 3 is 2.46 bits per heavy atom. The summed E-state index contributed by atoms with van der Waals surface area (Å²) in [6, 6.07) is 8.93. The van der Waals surface area contributed by atoms with Crippen LogP contribution < -0.4 is 0 Å². The van der Waals surface area contributed by atoms with Crippen LogP contribution in [0.25, 0.3) is 0 Å². The fourth-order valence-electron chi connectivity index (χ4n) is 0.907. The lowest BCUT2D eigenvalue weighted by atomic mass is 10.0. The number of halogens is 1. The van der Waals surface area contributed by atoms with Gasteiger partial charge in [0.1, 0.15) is 6.10 Å². The molecule has 0 bridgehead atoms. The molecule has 1 rings (SSSR count). The summed E-state index contributed by atoms with van der Waals surface area (Å²) in [5.41, 5.74) is 0.831. The van der Waals surface area contributed by atoms with Crippen LogP contribution in [0.2, 0.25) is 0 Å². The molecule has 1 atom stereocenters. The van der Waals surface area contributed by atoms with Crippen molar-refractivity contribution in [3.63, 3.8) is 0 Å². The predicted octanol–water partition coefficient (Wildman–Crippen LogP) is 2.56. The van der Waals surface area contributed by atoms with Crippen LogP contribution in [0.15, 0.2) is 40.9 Å². The Labute approximate surface area is 85.3 Å². The summed E-state index contributed by atoms with van der Waals surface area (Å²) in [5.74, 6) is 0. The first kappa shape index (κ1) is 9.97. The molecule has 13 heavy (non-hydrogen) atoms. The van der Waals surface area contributed by atoms with Crippen molar-refractivity contribution in [1.82, 2.24) is 0 Å². The zero-order valence-corrected chi connectivity index (χ0v) is 8.45. The fourth-order valence-corrected chi connectivity index (χ4v) is 1.17. The van der Waals surface area contributed by atoms with Gasteiger partial charge in [-0.25, -0.2) is 0 Å². The maximum absolute atomic E-state index is 9.54. The van der Waals surface area contributed by atoms with E-state index in [1.54, 1.807) is 12.1 Å². The lowest BCUT2D eigenvalue weighted by molar-refractivity contribution is 0.221. The Balaban J connectivity index is 2.91. The number of hydrogen-bond donors (Lipinski definition) is 1. The molecule has 1 N–H and O–H groups in total. The molecule has 66 valence electrons. The number of hydrogen-bond acceptors (Lipinski definition) is 2. The normalized spacial score (nSPS) is 11.8. The molecule has 0 aliphatic carbocycles. The third kappa shape index (κ3) is 2.41. The molecule has 0 saturated heterocycles. The molecule has 1 unspecified atom stereocenters. The Kier molecular flexibility index (Phi) is 3.24. The monoisotopic (exact) mass is 237 g/mol. The molecule has 1 aromatic rings. The predicted molar refractivity (Wildman–Crippen MR) is 53.9 cm³/mol. The third-order valence-electron chi connectivity index (χ3n) is 1.66. The van der Waals surface area contributed by atoms with E-state index in [4.69, 9.17) is 5.26 Å². The average molecular weight is 238 g/mol. The summed E-state index contributed by atoms with van der Waals surface area (Å²) in [6.07, 6.45) is -0.891. The Bertz CT molecular complexity index is 350. The maximum atomic E-state index is 9.54. The van der Waals surface area contributed by atoms with Crippen molar-refractivity contribution in [1.29, 1.82) is 5.26 Å². The van der Waals surface area contributed by atoms with E-state index in [9.17, 15) is 5.11 Å². The van der Waals surface area contributed by atoms with Gasteiger partial charge in [-0.2, -0.15) is 5.26 Å². The first-order chi connectivity index (χ1) is 6.15. The van der Waals surface area contributed by atoms with Crippen LogP contribution in [0.4, 0.5) is 0 Å². The summed E-state index contributed by atoms with van der Waals surface area (Å²) < 4.78 is 0.936. The molecule has 0 amide bonds. The van der Waals surface area contributed by atoms with Gasteiger partial charge in [-0.15, -0.1) is 0 Å². The SMILES string of the molecule is C=C(C#N)C(O)c1ccc(Br)cc1. The molecule has 1 aromatic carbocycles. The highest BCUT2D eigenvalue weighted by Gasteiger charge is 2.09. The van der Waals surface area contributed by atoms with Crippen LogP contribution in [0.5, 0.6) is 0 Å². The molecule has 0 heterocycles. The topological polar surface area (TPSA) is 44.0 Å². The molecule has 0 aromatic heterocycles. The van der Waals surface area contributed by atoms with Crippen LogP contribution >= 0.6 is 15.9 Å². The Morgan fingerprint density at radius 1 is 1.46 bits per heavy atom. The zero-order chi connectivity index (χ0) is 9.84. The number of nitrogens with zero attached hydrogens (tertiary/aromatic N) is 1. The van der Waals surface area contributed by atoms with Gasteiger partial charge in [0.25, 0.3) is 0 Å². The van der Waals surface area contributed by atoms with E-state index >= 15 is 0 Å². The molecule has 0 fully saturated rings. The Hall–Kier alpha value is -1.11. The van der Waals surface area contributed by atoms with Gasteiger partial charge in [0.05, 0.1) is 11.6 Å². The molecular formula is C10H8BrNO. The van der Waals surface area contributed by atoms with Crippen molar-refractivity contribution in [3.8, 4) is 6.07 Å². The highest BCUT2D eigenvalue weighted by Crippen LogP contribution is 2.21. The van der Waals surface area contributed by atoms with Gasteiger partial charge in [0.2, 0.25) is 0 Å². The molecule has 0 aliphatic rings. The number of nitriles is 1. The van der Waals surface area contributed by atoms with E-state index in [2.05, 4.69) is 22.5 Å². The lowest BCUT2D eigenvalue weighted by Gasteiger charge is -2.07. The molecule has 0 aliphatic heterocycles. The lowest BCUT2D eigenvalue weighted by Crippen LogP contribution is -1.98. The van der Waals surface area contributed by atoms with Crippen LogP contribution in [-0.4, -0.2) is 5.11 Å². The zero-order valence-electron chi connectivity index (χ0n) is 6.87. The molecule has 0 saturated carbocycles. The second-order valence-corrected chi connectivity index (χ2v) is 3.51. The minimum atomic E-state index is -0.891. The average Bonchev–Trinajstić information content (AvgIpc) is 2.17. The number of rotatable bonds is 2. The van der Waals surface area contributed by atoms with Crippen LogP contribution in [0.3, 0.4) is 0 Å². The summed E-state index contributed by atoms with van der Waals surface area (Å²) in [7, 11) is 0. The van der Waals surface area contributed by atoms with Gasteiger partial charge in [-0.3, -0.25) is 0 Å². The summed E-state index contributed by atoms with van der Waals surface area (Å²) in [6.45, 7) is 3.45. The summed E-state index contributed by atoms with van der Waals surface area (Å²) >= 11 is 3.28. The van der Waals surface area contributed by atoms with Gasteiger partial charge in [-0.05, 0) is 17.7 Å². The largest absolute Gasteiger partial charge is 0.383 e. The minimum absolute atomic E-state index is 0.155. The van der Waals surface area contributed by atoms with Gasteiger partial charge < -0.3 is 5.11 Å². The maximum Gasteiger partial charge on any atom is 0.113 e. The standard InChI is InChI=1S/C10H8BrNO/c1-7(6-12)10(13)8-2-4-9(11)5-3-8/h2-5,10,13H,1H2. The van der Waals surface area contributed by atoms with E-state index in [0.29, 0.717) is 5.56 Å². The van der Waals surface area contributed by atoms with Gasteiger partial charge in [0, 0.05) is 4.47 Å². The van der Waals surface area contributed by atoms with E-state index in [1.165, 1.54) is 0 Å². The van der Waals surface area contributed by atoms with Crippen LogP contribution in [0.1, 0.15) is 11.7 Å². The summed E-state index contributed by atoms with van der Waals surface area (Å²) in [4.78, 5) is 0. The molecule has 3 heteroatoms. The van der Waals surface area contributed by atoms with Crippen molar-refractivity contribution < 1.29 is 5.11 Å². The number of benzene rings is 1. The fraction of sp³-hybridized carbons (Fsp3) is 0.100. The highest BCUT2D eigenvalue weighted by molar-refractivity contribution is 9.10. The first-order valence-electron chi connectivity index (χ1n) is 3.67. The second-order valence-electron chi connectivity index (χ2n) is 2.59. The minimum Gasteiger partial charge on any atom is -0.383 e. The van der Waals surface area contributed by atoms with Crippen molar-refractivity contribution in [2.24, 2.45) is 0 Å². The molecular weight excluding hydrogens is 230 g/mol. The van der Waals surface area contributed by atoms with Gasteiger partial charge >= 0.3 is 0 Å². The molecule has 0 spiro atoms. The van der Waals surface area contributed by atoms with Crippen molar-refractivity contribution in [3.05, 3.63) is 46.5 Å². The quantitative estimate of drug-likeness (QED) is 0.804. The smallest absolute Gasteiger partial charge is 0.113 e. The number of aliphatic hydroxyl groups is 1. The second kappa shape index (κ2) is 4.22. The molecule has 0 radical (unpaired) electrons. The van der Waals surface area contributed by atoms with Crippen LogP contribution in [0, 0.1) is 11.3 Å². The van der Waals surface area contributed by atoms with E-state index in [0.717, 1.165) is 4.47 Å². The first-order valence-corrected chi connectivity index (χ1v) is 4.47. The van der Waals surface area contributed by atoms with Crippen molar-refractivity contribution >= 4 is 15.9 Å². The van der Waals surface area contributed by atoms with E-state index < -0.39 is 6.10 Å². The third-order valence-corrected chi connectivity index (χ3v) is 2.19. The highest BCUT2D eigenvalue weighted by atomic mass is 79.9. The number of aliphatic hydroxyl groups excluding tert-OH is 1. The Morgan fingerprint density at radius 2 is 2.00 bits per heavy atom. The van der Waals surface area contributed by atoms with Gasteiger partial charge in [0.15, 0.2) is 0 Å². The van der Waals surface area contributed by atoms with Crippen molar-refractivity contribution in [2.75, 3.05) is 0 Å². The van der Waals surface area contributed by atoms with Gasteiger partial charge in [-0.1, -0.05) is 34.6 Å². The summed E-state index contributed by atoms with van der Waals surface area (Å²) in [5, 5.41) is 18.0. The van der Waals surface area contributed by atoms with E-state index in [1.807, 2.05) is 18.2 Å². The van der Waals surface area contributed by atoms with Crippen LogP contribution in [-0.2, 0) is 0 Å². The van der Waals surface area contributed by atoms with Crippen molar-refractivity contribution in [2.45, 2.75) is 6.10 Å². The molecule has 2 nitrogen and oxygen atoms in total.